The number of rotatable bonds is 4. The molecule has 1 aliphatic heterocycles. The molecule has 1 aliphatic rings. The summed E-state index contributed by atoms with van der Waals surface area (Å²) in [6, 6.07) is 12.8. The molecule has 0 radical (unpaired) electrons. The molecule has 0 bridgehead atoms. The Morgan fingerprint density at radius 1 is 1.15 bits per heavy atom. The minimum Gasteiger partial charge on any atom is -0.476 e. The van der Waals surface area contributed by atoms with Gasteiger partial charge in [0.2, 0.25) is 10.0 Å². The Bertz CT molecular complexity index is 972. The van der Waals surface area contributed by atoms with E-state index in [1.807, 2.05) is 0 Å². The van der Waals surface area contributed by atoms with Gasteiger partial charge in [0.1, 0.15) is 5.75 Å². The van der Waals surface area contributed by atoms with Crippen LogP contribution in [-0.2, 0) is 19.6 Å². The zero-order valence-corrected chi connectivity index (χ0v) is 15.5. The van der Waals surface area contributed by atoms with Crippen LogP contribution < -0.4 is 14.4 Å². The minimum absolute atomic E-state index is 0.137. The number of benzene rings is 2. The number of hydrogen-bond donors (Lipinski definition) is 1. The average Bonchev–Trinajstić information content (AvgIpc) is 2.66. The fraction of sp³-hybridized carbons (Fsp3) is 0.222. The summed E-state index contributed by atoms with van der Waals surface area (Å²) in [6.07, 6.45) is 0.0604. The van der Waals surface area contributed by atoms with Crippen LogP contribution in [0.3, 0.4) is 0 Å². The lowest BCUT2D eigenvalue weighted by Crippen LogP contribution is -2.48. The molecule has 1 N–H and O–H groups in total. The summed E-state index contributed by atoms with van der Waals surface area (Å²) in [4.78, 5) is 24.0. The van der Waals surface area contributed by atoms with Gasteiger partial charge in [-0.15, -0.1) is 0 Å². The molecule has 0 saturated carbocycles. The van der Waals surface area contributed by atoms with Crippen molar-refractivity contribution in [3.8, 4) is 5.75 Å². The van der Waals surface area contributed by atoms with Crippen molar-refractivity contribution >= 4 is 33.3 Å². The third kappa shape index (κ3) is 4.03. The molecule has 9 heteroatoms. The van der Waals surface area contributed by atoms with Crippen LogP contribution >= 0.6 is 0 Å². The number of amides is 1. The molecule has 2 aromatic carbocycles. The molecule has 0 saturated heterocycles. The van der Waals surface area contributed by atoms with E-state index in [4.69, 9.17) is 4.74 Å². The van der Waals surface area contributed by atoms with Crippen molar-refractivity contribution in [2.45, 2.75) is 6.10 Å². The number of sulfonamides is 1. The topological polar surface area (TPSA) is 102 Å². The normalized spacial score (nSPS) is 16.1. The highest BCUT2D eigenvalue weighted by atomic mass is 32.2. The van der Waals surface area contributed by atoms with Crippen LogP contribution in [-0.4, -0.2) is 46.3 Å². The van der Waals surface area contributed by atoms with Gasteiger partial charge < -0.3 is 14.8 Å². The first-order chi connectivity index (χ1) is 12.8. The molecule has 0 aliphatic carbocycles. The summed E-state index contributed by atoms with van der Waals surface area (Å²) < 4.78 is 35.6. The SMILES string of the molecule is COC(=O)c1ccc(NC(=O)C2CN(S(C)(=O)=O)c3ccccc3O2)cc1. The predicted molar refractivity (Wildman–Crippen MR) is 99.5 cm³/mol. The summed E-state index contributed by atoms with van der Waals surface area (Å²) in [5.41, 5.74) is 1.19. The van der Waals surface area contributed by atoms with Gasteiger partial charge in [-0.2, -0.15) is 0 Å². The number of nitrogens with zero attached hydrogens (tertiary/aromatic N) is 1. The fourth-order valence-electron chi connectivity index (χ4n) is 2.68. The molecule has 8 nitrogen and oxygen atoms in total. The number of carbonyl (C=O) groups is 2. The average molecular weight is 390 g/mol. The number of fused-ring (bicyclic) bond motifs is 1. The highest BCUT2D eigenvalue weighted by molar-refractivity contribution is 7.92. The summed E-state index contributed by atoms with van der Waals surface area (Å²) in [5, 5.41) is 2.66. The van der Waals surface area contributed by atoms with Crippen molar-refractivity contribution < 1.29 is 27.5 Å². The third-order valence-electron chi connectivity index (χ3n) is 4.00. The number of methoxy groups -OCH3 is 1. The van der Waals surface area contributed by atoms with E-state index in [2.05, 4.69) is 10.1 Å². The number of anilines is 2. The van der Waals surface area contributed by atoms with Crippen LogP contribution in [0.4, 0.5) is 11.4 Å². The second kappa shape index (κ2) is 7.28. The van der Waals surface area contributed by atoms with Crippen LogP contribution in [0.5, 0.6) is 5.75 Å². The lowest BCUT2D eigenvalue weighted by atomic mass is 10.2. The quantitative estimate of drug-likeness (QED) is 0.797. The maximum atomic E-state index is 12.6. The smallest absolute Gasteiger partial charge is 0.337 e. The van der Waals surface area contributed by atoms with Crippen LogP contribution in [0.15, 0.2) is 48.5 Å². The van der Waals surface area contributed by atoms with E-state index in [1.165, 1.54) is 19.2 Å². The zero-order valence-electron chi connectivity index (χ0n) is 14.7. The van der Waals surface area contributed by atoms with Crippen molar-refractivity contribution in [2.24, 2.45) is 0 Å². The number of hydrogen-bond acceptors (Lipinski definition) is 6. The van der Waals surface area contributed by atoms with Crippen LogP contribution in [0.25, 0.3) is 0 Å². The van der Waals surface area contributed by atoms with Crippen molar-refractivity contribution in [1.29, 1.82) is 0 Å². The second-order valence-corrected chi connectivity index (χ2v) is 7.83. The van der Waals surface area contributed by atoms with E-state index in [-0.39, 0.29) is 6.54 Å². The van der Waals surface area contributed by atoms with Gasteiger partial charge in [-0.1, -0.05) is 12.1 Å². The van der Waals surface area contributed by atoms with Gasteiger partial charge in [0.15, 0.2) is 6.10 Å². The molecule has 27 heavy (non-hydrogen) atoms. The first-order valence-electron chi connectivity index (χ1n) is 8.02. The Balaban J connectivity index is 1.78. The first kappa shape index (κ1) is 18.7. The second-order valence-electron chi connectivity index (χ2n) is 5.93. The van der Waals surface area contributed by atoms with Crippen LogP contribution in [0.1, 0.15) is 10.4 Å². The number of esters is 1. The fourth-order valence-corrected chi connectivity index (χ4v) is 3.60. The molecule has 0 spiro atoms. The maximum Gasteiger partial charge on any atom is 0.337 e. The molecule has 0 fully saturated rings. The van der Waals surface area contributed by atoms with Gasteiger partial charge in [0.25, 0.3) is 5.91 Å². The molecule has 0 aromatic heterocycles. The van der Waals surface area contributed by atoms with Gasteiger partial charge in [0.05, 0.1) is 31.2 Å². The molecule has 1 amide bonds. The van der Waals surface area contributed by atoms with E-state index < -0.39 is 28.0 Å². The lowest BCUT2D eigenvalue weighted by molar-refractivity contribution is -0.122. The largest absolute Gasteiger partial charge is 0.476 e. The van der Waals surface area contributed by atoms with Crippen molar-refractivity contribution in [1.82, 2.24) is 0 Å². The molecule has 2 aromatic rings. The Hall–Kier alpha value is -3.07. The summed E-state index contributed by atoms with van der Waals surface area (Å²) >= 11 is 0. The van der Waals surface area contributed by atoms with E-state index in [0.29, 0.717) is 22.7 Å². The third-order valence-corrected chi connectivity index (χ3v) is 5.15. The Morgan fingerprint density at radius 3 is 2.44 bits per heavy atom. The highest BCUT2D eigenvalue weighted by Gasteiger charge is 2.34. The number of ether oxygens (including phenoxy) is 2. The van der Waals surface area contributed by atoms with Crippen LogP contribution in [0, 0.1) is 0 Å². The molecule has 142 valence electrons. The number of para-hydroxylation sites is 2. The first-order valence-corrected chi connectivity index (χ1v) is 9.87. The lowest BCUT2D eigenvalue weighted by Gasteiger charge is -2.33. The minimum atomic E-state index is -3.57. The summed E-state index contributed by atoms with van der Waals surface area (Å²) in [5.74, 6) is -0.664. The number of nitrogens with one attached hydrogen (secondary N) is 1. The standard InChI is InChI=1S/C18H18N2O6S/c1-25-18(22)12-7-9-13(10-8-12)19-17(21)16-11-20(27(2,23)24)14-5-3-4-6-15(14)26-16/h3-10,16H,11H2,1-2H3,(H,19,21). The van der Waals surface area contributed by atoms with E-state index >= 15 is 0 Å². The molecule has 1 unspecified atom stereocenters. The van der Waals surface area contributed by atoms with Gasteiger partial charge in [-0.25, -0.2) is 13.2 Å². The van der Waals surface area contributed by atoms with Crippen molar-refractivity contribution in [2.75, 3.05) is 29.5 Å². The van der Waals surface area contributed by atoms with Gasteiger partial charge in [-0.05, 0) is 36.4 Å². The summed E-state index contributed by atoms with van der Waals surface area (Å²) in [7, 11) is -2.29. The van der Waals surface area contributed by atoms with Crippen molar-refractivity contribution in [3.05, 3.63) is 54.1 Å². The van der Waals surface area contributed by atoms with Crippen molar-refractivity contribution in [3.63, 3.8) is 0 Å². The monoisotopic (exact) mass is 390 g/mol. The van der Waals surface area contributed by atoms with Gasteiger partial charge in [-0.3, -0.25) is 9.10 Å². The molecule has 3 rings (SSSR count). The summed E-state index contributed by atoms with van der Waals surface area (Å²) in [6.45, 7) is -0.137. The molecular formula is C18H18N2O6S. The van der Waals surface area contributed by atoms with E-state index in [1.54, 1.807) is 36.4 Å². The maximum absolute atomic E-state index is 12.6. The Morgan fingerprint density at radius 2 is 1.81 bits per heavy atom. The highest BCUT2D eigenvalue weighted by Crippen LogP contribution is 2.34. The molecule has 1 atom stereocenters. The predicted octanol–water partition coefficient (Wildman–Crippen LogP) is 1.64. The Labute approximate surface area is 156 Å². The van der Waals surface area contributed by atoms with E-state index in [9.17, 15) is 18.0 Å². The molecule has 1 heterocycles. The van der Waals surface area contributed by atoms with E-state index in [0.717, 1.165) is 10.6 Å². The molecular weight excluding hydrogens is 372 g/mol. The number of carbonyl (C=O) groups excluding carboxylic acids is 2. The van der Waals surface area contributed by atoms with Gasteiger partial charge in [0, 0.05) is 5.69 Å². The van der Waals surface area contributed by atoms with Crippen LogP contribution in [0.2, 0.25) is 0 Å². The van der Waals surface area contributed by atoms with Gasteiger partial charge >= 0.3 is 5.97 Å². The zero-order chi connectivity index (χ0) is 19.6. The Kier molecular flexibility index (Phi) is 5.04.